The molecule has 0 saturated carbocycles. The average Bonchev–Trinajstić information content (AvgIpc) is 2.41. The van der Waals surface area contributed by atoms with Crippen molar-refractivity contribution in [1.29, 1.82) is 0 Å². The van der Waals surface area contributed by atoms with Crippen molar-refractivity contribution in [3.63, 3.8) is 0 Å². The van der Waals surface area contributed by atoms with Crippen LogP contribution in [0.4, 0.5) is 5.69 Å². The Labute approximate surface area is 132 Å². The number of rotatable bonds is 4. The van der Waals surface area contributed by atoms with Crippen molar-refractivity contribution in [3.8, 4) is 11.5 Å². The summed E-state index contributed by atoms with van der Waals surface area (Å²) in [6, 6.07) is 8.37. The summed E-state index contributed by atoms with van der Waals surface area (Å²) in [7, 11) is 0. The van der Waals surface area contributed by atoms with Gasteiger partial charge in [0.15, 0.2) is 0 Å². The molecule has 0 bridgehead atoms. The van der Waals surface area contributed by atoms with Crippen LogP contribution >= 0.6 is 27.5 Å². The van der Waals surface area contributed by atoms with E-state index in [2.05, 4.69) is 15.9 Å². The molecule has 0 spiro atoms. The van der Waals surface area contributed by atoms with Crippen molar-refractivity contribution in [2.45, 2.75) is 0 Å². The number of halogens is 2. The molecule has 0 atom stereocenters. The summed E-state index contributed by atoms with van der Waals surface area (Å²) in [6.45, 7) is 0. The Morgan fingerprint density at radius 1 is 1.29 bits per heavy atom. The summed E-state index contributed by atoms with van der Waals surface area (Å²) in [5.74, 6) is -0.957. The Kier molecular flexibility index (Phi) is 4.44. The van der Waals surface area contributed by atoms with Gasteiger partial charge in [-0.15, -0.1) is 0 Å². The topological polar surface area (TPSA) is 89.7 Å². The third-order valence-corrected chi connectivity index (χ3v) is 3.31. The van der Waals surface area contributed by atoms with Crippen LogP contribution in [-0.4, -0.2) is 16.0 Å². The number of carboxylic acids is 1. The monoisotopic (exact) mass is 371 g/mol. The molecule has 21 heavy (non-hydrogen) atoms. The van der Waals surface area contributed by atoms with Gasteiger partial charge in [0.1, 0.15) is 17.1 Å². The summed E-state index contributed by atoms with van der Waals surface area (Å²) in [5, 5.41) is 20.1. The van der Waals surface area contributed by atoms with E-state index >= 15 is 0 Å². The Bertz CT molecular complexity index is 734. The lowest BCUT2D eigenvalue weighted by Crippen LogP contribution is -2.02. The number of nitro benzene ring substituents is 1. The minimum absolute atomic E-state index is 0.141. The van der Waals surface area contributed by atoms with E-state index in [9.17, 15) is 14.9 Å². The number of carbonyl (C=O) groups is 1. The molecule has 6 nitrogen and oxygen atoms in total. The number of aromatic carboxylic acids is 1. The lowest BCUT2D eigenvalue weighted by Gasteiger charge is -2.08. The fourth-order valence-corrected chi connectivity index (χ4v) is 2.31. The van der Waals surface area contributed by atoms with E-state index in [0.717, 1.165) is 16.6 Å². The highest BCUT2D eigenvalue weighted by Crippen LogP contribution is 2.33. The van der Waals surface area contributed by atoms with Crippen LogP contribution in [0.5, 0.6) is 11.5 Å². The predicted molar refractivity (Wildman–Crippen MR) is 79.3 cm³/mol. The maximum Gasteiger partial charge on any atom is 0.342 e. The fraction of sp³-hybridized carbons (Fsp3) is 0. The van der Waals surface area contributed by atoms with Gasteiger partial charge in [-0.1, -0.05) is 27.5 Å². The van der Waals surface area contributed by atoms with Gasteiger partial charge in [0, 0.05) is 16.6 Å². The number of hydrogen-bond acceptors (Lipinski definition) is 4. The molecule has 0 radical (unpaired) electrons. The predicted octanol–water partition coefficient (Wildman–Crippen LogP) is 4.50. The quantitative estimate of drug-likeness (QED) is 0.630. The average molecular weight is 373 g/mol. The molecule has 2 rings (SSSR count). The molecular formula is C13H7BrClNO5. The highest BCUT2D eigenvalue weighted by molar-refractivity contribution is 9.10. The number of carboxylic acid groups (broad SMARTS) is 1. The van der Waals surface area contributed by atoms with Crippen molar-refractivity contribution in [1.82, 2.24) is 0 Å². The molecule has 8 heteroatoms. The SMILES string of the molecule is O=C(O)c1cc(Oc2ccc(Br)cc2Cl)ccc1[N+](=O)[O-]. The van der Waals surface area contributed by atoms with Crippen molar-refractivity contribution >= 4 is 39.2 Å². The first kappa shape index (κ1) is 15.3. The van der Waals surface area contributed by atoms with Crippen molar-refractivity contribution in [3.05, 3.63) is 61.6 Å². The minimum Gasteiger partial charge on any atom is -0.477 e. The van der Waals surface area contributed by atoms with E-state index in [1.807, 2.05) is 0 Å². The summed E-state index contributed by atoms with van der Waals surface area (Å²) in [5.41, 5.74) is -0.956. The van der Waals surface area contributed by atoms with Gasteiger partial charge in [-0.05, 0) is 24.3 Å². The first-order chi connectivity index (χ1) is 9.88. The molecule has 0 fully saturated rings. The van der Waals surface area contributed by atoms with Crippen LogP contribution in [0.3, 0.4) is 0 Å². The zero-order valence-corrected chi connectivity index (χ0v) is 12.6. The van der Waals surface area contributed by atoms with Gasteiger partial charge >= 0.3 is 5.97 Å². The summed E-state index contributed by atoms with van der Waals surface area (Å²) in [6.07, 6.45) is 0. The number of nitro groups is 1. The van der Waals surface area contributed by atoms with E-state index in [1.165, 1.54) is 6.07 Å². The normalized spacial score (nSPS) is 10.2. The molecule has 0 aromatic heterocycles. The maximum atomic E-state index is 11.1. The molecule has 0 aliphatic rings. The molecule has 0 heterocycles. The minimum atomic E-state index is -1.41. The summed E-state index contributed by atoms with van der Waals surface area (Å²) in [4.78, 5) is 21.0. The van der Waals surface area contributed by atoms with E-state index in [1.54, 1.807) is 18.2 Å². The molecule has 0 saturated heterocycles. The molecule has 2 aromatic rings. The van der Waals surface area contributed by atoms with E-state index in [-0.39, 0.29) is 5.75 Å². The van der Waals surface area contributed by atoms with Crippen molar-refractivity contribution in [2.24, 2.45) is 0 Å². The zero-order chi connectivity index (χ0) is 15.6. The molecule has 108 valence electrons. The first-order valence-electron chi connectivity index (χ1n) is 5.53. The highest BCUT2D eigenvalue weighted by Gasteiger charge is 2.20. The van der Waals surface area contributed by atoms with Gasteiger partial charge in [0.2, 0.25) is 0 Å². The zero-order valence-electron chi connectivity index (χ0n) is 10.2. The second kappa shape index (κ2) is 6.11. The largest absolute Gasteiger partial charge is 0.477 e. The molecule has 0 aliphatic carbocycles. The van der Waals surface area contributed by atoms with Gasteiger partial charge in [-0.3, -0.25) is 10.1 Å². The number of hydrogen-bond donors (Lipinski definition) is 1. The number of benzene rings is 2. The Hall–Kier alpha value is -2.12. The van der Waals surface area contributed by atoms with Crippen molar-refractivity contribution in [2.75, 3.05) is 0 Å². The number of ether oxygens (including phenoxy) is 1. The Morgan fingerprint density at radius 2 is 2.00 bits per heavy atom. The second-order valence-corrected chi connectivity index (χ2v) is 5.24. The third kappa shape index (κ3) is 3.50. The van der Waals surface area contributed by atoms with Crippen molar-refractivity contribution < 1.29 is 19.6 Å². The van der Waals surface area contributed by atoms with E-state index in [0.29, 0.717) is 10.8 Å². The molecule has 2 aromatic carbocycles. The maximum absolute atomic E-state index is 11.1. The van der Waals surface area contributed by atoms with Gasteiger partial charge in [-0.25, -0.2) is 4.79 Å². The molecular weight excluding hydrogens is 366 g/mol. The van der Waals surface area contributed by atoms with Crippen LogP contribution < -0.4 is 4.74 Å². The third-order valence-electron chi connectivity index (χ3n) is 2.52. The smallest absolute Gasteiger partial charge is 0.342 e. The summed E-state index contributed by atoms with van der Waals surface area (Å²) >= 11 is 9.23. The standard InChI is InChI=1S/C13H7BrClNO5/c14-7-1-4-12(10(15)5-7)21-8-2-3-11(16(19)20)9(6-8)13(17)18/h1-6H,(H,17,18). The molecule has 0 unspecified atom stereocenters. The van der Waals surface area contributed by atoms with Gasteiger partial charge in [0.25, 0.3) is 5.69 Å². The van der Waals surface area contributed by atoms with Crippen LogP contribution in [0.25, 0.3) is 0 Å². The second-order valence-electron chi connectivity index (χ2n) is 3.92. The Morgan fingerprint density at radius 3 is 2.57 bits per heavy atom. The molecule has 1 N–H and O–H groups in total. The lowest BCUT2D eigenvalue weighted by atomic mass is 10.1. The van der Waals surface area contributed by atoms with Crippen LogP contribution in [0.15, 0.2) is 40.9 Å². The molecule has 0 amide bonds. The lowest BCUT2D eigenvalue weighted by molar-refractivity contribution is -0.385. The molecule has 0 aliphatic heterocycles. The van der Waals surface area contributed by atoms with Crippen LogP contribution in [-0.2, 0) is 0 Å². The fourth-order valence-electron chi connectivity index (χ4n) is 1.59. The van der Waals surface area contributed by atoms with E-state index in [4.69, 9.17) is 21.4 Å². The highest BCUT2D eigenvalue weighted by atomic mass is 79.9. The van der Waals surface area contributed by atoms with Gasteiger partial charge in [0.05, 0.1) is 9.95 Å². The van der Waals surface area contributed by atoms with Crippen LogP contribution in [0, 0.1) is 10.1 Å². The van der Waals surface area contributed by atoms with E-state index < -0.39 is 22.1 Å². The van der Waals surface area contributed by atoms with Crippen LogP contribution in [0.2, 0.25) is 5.02 Å². The van der Waals surface area contributed by atoms with Gasteiger partial charge < -0.3 is 9.84 Å². The summed E-state index contributed by atoms with van der Waals surface area (Å²) < 4.78 is 6.21. The number of nitrogens with zero attached hydrogens (tertiary/aromatic N) is 1. The van der Waals surface area contributed by atoms with Gasteiger partial charge in [-0.2, -0.15) is 0 Å². The van der Waals surface area contributed by atoms with Crippen LogP contribution in [0.1, 0.15) is 10.4 Å². The Balaban J connectivity index is 2.39. The first-order valence-corrected chi connectivity index (χ1v) is 6.70.